The fraction of sp³-hybridized carbons (Fsp3) is 0.231. The zero-order valence-electron chi connectivity index (χ0n) is 18.6. The van der Waals surface area contributed by atoms with Crippen molar-refractivity contribution >= 4 is 34.9 Å². The summed E-state index contributed by atoms with van der Waals surface area (Å²) in [6.45, 7) is 5.81. The van der Waals surface area contributed by atoms with Gasteiger partial charge >= 0.3 is 6.03 Å². The Kier molecular flexibility index (Phi) is 5.05. The summed E-state index contributed by atoms with van der Waals surface area (Å²) < 4.78 is 6.47. The third kappa shape index (κ3) is 3.51. The molecule has 7 heteroatoms. The second kappa shape index (κ2) is 7.81. The van der Waals surface area contributed by atoms with Crippen LogP contribution in [0.1, 0.15) is 29.7 Å². The maximum absolute atomic E-state index is 13.7. The first-order valence-electron chi connectivity index (χ1n) is 10.8. The second-order valence-electron chi connectivity index (χ2n) is 8.70. The van der Waals surface area contributed by atoms with Gasteiger partial charge in [0.15, 0.2) is 0 Å². The molecule has 3 atom stereocenters. The lowest BCUT2D eigenvalue weighted by molar-refractivity contribution is -0.131. The largest absolute Gasteiger partial charge is 0.466 e. The minimum absolute atomic E-state index is 0.256. The number of aryl methyl sites for hydroxylation is 2. The number of carbonyl (C=O) groups excluding carboxylic acids is 2. The van der Waals surface area contributed by atoms with Crippen LogP contribution in [0.5, 0.6) is 5.75 Å². The van der Waals surface area contributed by atoms with Gasteiger partial charge in [0.05, 0.1) is 6.04 Å². The van der Waals surface area contributed by atoms with Gasteiger partial charge in [-0.3, -0.25) is 9.69 Å². The monoisotopic (exact) mass is 461 g/mol. The number of ether oxygens (including phenoxy) is 1. The number of nitrogens with zero attached hydrogens (tertiary/aromatic N) is 1. The van der Waals surface area contributed by atoms with E-state index in [9.17, 15) is 9.59 Å². The van der Waals surface area contributed by atoms with E-state index in [0.29, 0.717) is 22.1 Å². The van der Waals surface area contributed by atoms with Crippen molar-refractivity contribution in [3.8, 4) is 5.75 Å². The molecule has 2 N–H and O–H groups in total. The van der Waals surface area contributed by atoms with Crippen molar-refractivity contribution in [2.45, 2.75) is 32.5 Å². The number of hydrogen-bond donors (Lipinski definition) is 2. The summed E-state index contributed by atoms with van der Waals surface area (Å²) in [5.41, 5.74) is 2.98. The van der Waals surface area contributed by atoms with Gasteiger partial charge in [-0.25, -0.2) is 4.79 Å². The van der Waals surface area contributed by atoms with Crippen LogP contribution in [0.25, 0.3) is 0 Å². The van der Waals surface area contributed by atoms with Gasteiger partial charge in [-0.1, -0.05) is 35.9 Å². The maximum atomic E-state index is 13.7. The first-order chi connectivity index (χ1) is 15.8. The van der Waals surface area contributed by atoms with Crippen molar-refractivity contribution in [3.05, 3.63) is 88.4 Å². The number of rotatable bonds is 3. The summed E-state index contributed by atoms with van der Waals surface area (Å²) in [6, 6.07) is 19.4. The molecule has 3 aromatic rings. The molecule has 2 aliphatic heterocycles. The molecule has 0 radical (unpaired) electrons. The normalized spacial score (nSPS) is 23.3. The smallest absolute Gasteiger partial charge is 0.325 e. The number of amides is 3. The quantitative estimate of drug-likeness (QED) is 0.534. The Morgan fingerprint density at radius 1 is 1.06 bits per heavy atom. The molecule has 2 heterocycles. The van der Waals surface area contributed by atoms with Gasteiger partial charge in [0.25, 0.3) is 0 Å². The Bertz CT molecular complexity index is 1260. The molecule has 2 bridgehead atoms. The second-order valence-corrected chi connectivity index (χ2v) is 9.14. The van der Waals surface area contributed by atoms with Gasteiger partial charge in [-0.05, 0) is 74.4 Å². The zero-order valence-corrected chi connectivity index (χ0v) is 19.3. The Balaban J connectivity index is 1.61. The molecule has 0 spiro atoms. The van der Waals surface area contributed by atoms with Gasteiger partial charge in [0.1, 0.15) is 11.7 Å². The molecule has 0 aromatic heterocycles. The maximum Gasteiger partial charge on any atom is 0.325 e. The number of para-hydroxylation sites is 1. The van der Waals surface area contributed by atoms with E-state index in [0.717, 1.165) is 16.7 Å². The molecule has 5 rings (SSSR count). The Morgan fingerprint density at radius 2 is 1.79 bits per heavy atom. The van der Waals surface area contributed by atoms with Crippen LogP contribution in [0.4, 0.5) is 16.2 Å². The Hall–Kier alpha value is -3.51. The average molecular weight is 462 g/mol. The molecular formula is C26H24ClN3O3. The molecule has 2 aliphatic rings. The van der Waals surface area contributed by atoms with Crippen LogP contribution in [0, 0.1) is 19.8 Å². The summed E-state index contributed by atoms with van der Waals surface area (Å²) >= 11 is 5.99. The first kappa shape index (κ1) is 21.3. The predicted octanol–water partition coefficient (Wildman–Crippen LogP) is 5.59. The van der Waals surface area contributed by atoms with E-state index in [4.69, 9.17) is 16.3 Å². The number of urea groups is 1. The Morgan fingerprint density at radius 3 is 2.52 bits per heavy atom. The van der Waals surface area contributed by atoms with Gasteiger partial charge < -0.3 is 15.4 Å². The molecule has 0 unspecified atom stereocenters. The van der Waals surface area contributed by atoms with Crippen LogP contribution < -0.4 is 20.3 Å². The molecule has 0 aliphatic carbocycles. The van der Waals surface area contributed by atoms with Crippen LogP contribution in [0.3, 0.4) is 0 Å². The summed E-state index contributed by atoms with van der Waals surface area (Å²) in [6.07, 6.45) is 0. The van der Waals surface area contributed by atoms with Crippen molar-refractivity contribution in [3.63, 3.8) is 0 Å². The summed E-state index contributed by atoms with van der Waals surface area (Å²) in [4.78, 5) is 28.6. The van der Waals surface area contributed by atoms with Crippen LogP contribution in [0.15, 0.2) is 66.7 Å². The lowest BCUT2D eigenvalue weighted by Gasteiger charge is -2.54. The zero-order chi connectivity index (χ0) is 23.3. The van der Waals surface area contributed by atoms with Crippen molar-refractivity contribution in [2.24, 2.45) is 5.92 Å². The molecule has 3 aromatic carbocycles. The highest BCUT2D eigenvalue weighted by molar-refractivity contribution is 6.30. The molecule has 168 valence electrons. The summed E-state index contributed by atoms with van der Waals surface area (Å²) in [7, 11) is 0. The SMILES string of the molecule is Cc1ccc(N2C(=O)N[C@H]3c4ccccc4O[C@@]2(C)[C@@H]3C(=O)Nc2ccc(Cl)cc2)cc1C. The third-order valence-corrected chi connectivity index (χ3v) is 6.80. The van der Waals surface area contributed by atoms with Crippen molar-refractivity contribution < 1.29 is 14.3 Å². The van der Waals surface area contributed by atoms with Crippen LogP contribution >= 0.6 is 11.6 Å². The van der Waals surface area contributed by atoms with Crippen molar-refractivity contribution in [2.75, 3.05) is 10.2 Å². The number of hydrogen-bond acceptors (Lipinski definition) is 3. The van der Waals surface area contributed by atoms with Gasteiger partial charge in [-0.2, -0.15) is 0 Å². The standard InChI is InChI=1S/C26H24ClN3O3/c1-15-8-13-19(14-16(15)2)30-25(32)29-23-20-6-4-5-7-21(20)33-26(30,3)22(23)24(31)28-18-11-9-17(27)10-12-18/h4-14,22-23H,1-3H3,(H,28,31)(H,29,32)/t22-,23-,26-/m0/s1. The number of anilines is 2. The molecule has 1 saturated heterocycles. The van der Waals surface area contributed by atoms with E-state index in [-0.39, 0.29) is 11.9 Å². The van der Waals surface area contributed by atoms with E-state index in [1.54, 1.807) is 36.1 Å². The molecule has 33 heavy (non-hydrogen) atoms. The van der Waals surface area contributed by atoms with Gasteiger partial charge in [-0.15, -0.1) is 0 Å². The lowest BCUT2D eigenvalue weighted by atomic mass is 9.78. The van der Waals surface area contributed by atoms with E-state index >= 15 is 0 Å². The molecular weight excluding hydrogens is 438 g/mol. The van der Waals surface area contributed by atoms with Gasteiger partial charge in [0.2, 0.25) is 11.6 Å². The first-order valence-corrected chi connectivity index (χ1v) is 11.2. The predicted molar refractivity (Wildman–Crippen MR) is 129 cm³/mol. The summed E-state index contributed by atoms with van der Waals surface area (Å²) in [5, 5.41) is 6.62. The Labute approximate surface area is 197 Å². The fourth-order valence-electron chi connectivity index (χ4n) is 4.74. The number of halogens is 1. The van der Waals surface area contributed by atoms with Crippen molar-refractivity contribution in [1.82, 2.24) is 5.32 Å². The number of benzene rings is 3. The fourth-order valence-corrected chi connectivity index (χ4v) is 4.86. The summed E-state index contributed by atoms with van der Waals surface area (Å²) in [5.74, 6) is -0.329. The average Bonchev–Trinajstić information content (AvgIpc) is 2.77. The van der Waals surface area contributed by atoms with Crippen molar-refractivity contribution in [1.29, 1.82) is 0 Å². The highest BCUT2D eigenvalue weighted by atomic mass is 35.5. The number of carbonyl (C=O) groups is 2. The molecule has 1 fully saturated rings. The number of fused-ring (bicyclic) bond motifs is 4. The van der Waals surface area contributed by atoms with Crippen LogP contribution in [-0.4, -0.2) is 17.7 Å². The highest BCUT2D eigenvalue weighted by Gasteiger charge is 2.60. The van der Waals surface area contributed by atoms with E-state index < -0.39 is 17.7 Å². The minimum Gasteiger partial charge on any atom is -0.466 e. The molecule has 3 amide bonds. The van der Waals surface area contributed by atoms with Crippen LogP contribution in [0.2, 0.25) is 5.02 Å². The third-order valence-electron chi connectivity index (χ3n) is 6.55. The lowest BCUT2D eigenvalue weighted by Crippen LogP contribution is -2.72. The molecule has 6 nitrogen and oxygen atoms in total. The molecule has 0 saturated carbocycles. The minimum atomic E-state index is -1.25. The topological polar surface area (TPSA) is 70.7 Å². The van der Waals surface area contributed by atoms with E-state index in [2.05, 4.69) is 10.6 Å². The van der Waals surface area contributed by atoms with Gasteiger partial charge in [0, 0.05) is 22.0 Å². The van der Waals surface area contributed by atoms with Crippen LogP contribution in [-0.2, 0) is 4.79 Å². The van der Waals surface area contributed by atoms with E-state index in [1.807, 2.05) is 56.3 Å². The highest BCUT2D eigenvalue weighted by Crippen LogP contribution is 2.49. The van der Waals surface area contributed by atoms with E-state index in [1.165, 1.54) is 0 Å². The number of nitrogens with one attached hydrogen (secondary N) is 2.